The van der Waals surface area contributed by atoms with E-state index in [0.29, 0.717) is 5.92 Å². The molecule has 0 amide bonds. The normalized spacial score (nSPS) is 24.2. The Morgan fingerprint density at radius 3 is 2.89 bits per heavy atom. The van der Waals surface area contributed by atoms with Crippen molar-refractivity contribution in [3.8, 4) is 0 Å². The van der Waals surface area contributed by atoms with Crippen LogP contribution in [0.25, 0.3) is 5.57 Å². The van der Waals surface area contributed by atoms with Crippen LogP contribution in [0.2, 0.25) is 0 Å². The number of allylic oxidation sites excluding steroid dienone is 8. The highest BCUT2D eigenvalue weighted by Gasteiger charge is 2.33. The van der Waals surface area contributed by atoms with Crippen LogP contribution in [-0.2, 0) is 0 Å². The van der Waals surface area contributed by atoms with Crippen molar-refractivity contribution in [1.82, 2.24) is 0 Å². The average molecular weight is 246 g/mol. The van der Waals surface area contributed by atoms with Gasteiger partial charge in [-0.05, 0) is 47.1 Å². The lowest BCUT2D eigenvalue weighted by Crippen LogP contribution is -1.96. The van der Waals surface area contributed by atoms with Crippen LogP contribution in [0.3, 0.4) is 0 Å². The van der Waals surface area contributed by atoms with Crippen LogP contribution < -0.4 is 0 Å². The van der Waals surface area contributed by atoms with E-state index in [4.69, 9.17) is 0 Å². The van der Waals surface area contributed by atoms with E-state index in [1.54, 1.807) is 16.7 Å². The van der Waals surface area contributed by atoms with Gasteiger partial charge in [0.15, 0.2) is 0 Å². The lowest BCUT2D eigenvalue weighted by Gasteiger charge is -2.14. The Balaban J connectivity index is 2.01. The molecule has 1 unspecified atom stereocenters. The molecular formula is C19H18. The third-order valence-corrected chi connectivity index (χ3v) is 4.58. The van der Waals surface area contributed by atoms with E-state index in [9.17, 15) is 0 Å². The standard InChI is InChI=1S/C19H18/c1-2-8-14-9-4-5-13-18-16-11-7-6-10-15(16)17(12-3-1)19(14)18/h1-3,6-8,10-12,18H,4-5,9,13H2. The van der Waals surface area contributed by atoms with Crippen molar-refractivity contribution in [3.05, 3.63) is 76.9 Å². The van der Waals surface area contributed by atoms with Crippen molar-refractivity contribution >= 4 is 5.57 Å². The zero-order valence-corrected chi connectivity index (χ0v) is 11.1. The van der Waals surface area contributed by atoms with Crippen LogP contribution in [0.5, 0.6) is 0 Å². The first kappa shape index (κ1) is 11.0. The maximum atomic E-state index is 2.34. The van der Waals surface area contributed by atoms with E-state index >= 15 is 0 Å². The smallest absolute Gasteiger partial charge is 0.0104 e. The Labute approximate surface area is 114 Å². The molecule has 3 aliphatic carbocycles. The molecule has 0 heterocycles. The molecule has 0 saturated carbocycles. The zero-order valence-electron chi connectivity index (χ0n) is 11.1. The van der Waals surface area contributed by atoms with Gasteiger partial charge in [-0.2, -0.15) is 0 Å². The highest BCUT2D eigenvalue weighted by molar-refractivity contribution is 5.90. The third-order valence-electron chi connectivity index (χ3n) is 4.58. The summed E-state index contributed by atoms with van der Waals surface area (Å²) < 4.78 is 0. The molecule has 0 spiro atoms. The quantitative estimate of drug-likeness (QED) is 0.593. The van der Waals surface area contributed by atoms with Gasteiger partial charge in [-0.3, -0.25) is 0 Å². The van der Waals surface area contributed by atoms with Crippen LogP contribution in [0.15, 0.2) is 65.8 Å². The molecule has 0 heteroatoms. The van der Waals surface area contributed by atoms with E-state index in [1.807, 2.05) is 0 Å². The minimum absolute atomic E-state index is 0.635. The van der Waals surface area contributed by atoms with Gasteiger partial charge in [-0.1, -0.05) is 61.1 Å². The first-order valence-corrected chi connectivity index (χ1v) is 7.33. The van der Waals surface area contributed by atoms with Crippen molar-refractivity contribution in [2.24, 2.45) is 0 Å². The summed E-state index contributed by atoms with van der Waals surface area (Å²) in [7, 11) is 0. The molecule has 0 aliphatic heterocycles. The van der Waals surface area contributed by atoms with Crippen molar-refractivity contribution in [3.63, 3.8) is 0 Å². The molecule has 0 fully saturated rings. The van der Waals surface area contributed by atoms with E-state index in [2.05, 4.69) is 54.6 Å². The molecule has 3 aliphatic rings. The van der Waals surface area contributed by atoms with Crippen LogP contribution in [0.1, 0.15) is 42.7 Å². The first-order valence-electron chi connectivity index (χ1n) is 7.33. The Morgan fingerprint density at radius 2 is 1.89 bits per heavy atom. The molecule has 0 nitrogen and oxygen atoms in total. The maximum Gasteiger partial charge on any atom is 0.0104 e. The fourth-order valence-electron chi connectivity index (χ4n) is 3.77. The second-order valence-corrected chi connectivity index (χ2v) is 5.65. The Hall–Kier alpha value is -1.82. The highest BCUT2D eigenvalue weighted by atomic mass is 14.4. The van der Waals surface area contributed by atoms with E-state index in [1.165, 1.54) is 36.8 Å². The zero-order chi connectivity index (χ0) is 12.7. The fraction of sp³-hybridized carbons (Fsp3) is 0.263. The van der Waals surface area contributed by atoms with Crippen LogP contribution >= 0.6 is 0 Å². The third kappa shape index (κ3) is 1.67. The Morgan fingerprint density at radius 1 is 0.947 bits per heavy atom. The number of hydrogen-bond donors (Lipinski definition) is 0. The van der Waals surface area contributed by atoms with Crippen LogP contribution in [0.4, 0.5) is 0 Å². The summed E-state index contributed by atoms with van der Waals surface area (Å²) in [5, 5.41) is 0. The molecule has 4 rings (SSSR count). The fourth-order valence-corrected chi connectivity index (χ4v) is 3.77. The van der Waals surface area contributed by atoms with Crippen molar-refractivity contribution in [2.45, 2.75) is 31.6 Å². The number of hydrogen-bond acceptors (Lipinski definition) is 0. The summed E-state index contributed by atoms with van der Waals surface area (Å²) in [6.07, 6.45) is 16.4. The summed E-state index contributed by atoms with van der Waals surface area (Å²) in [5.41, 5.74) is 7.65. The summed E-state index contributed by atoms with van der Waals surface area (Å²) >= 11 is 0. The minimum Gasteiger partial charge on any atom is -0.0622 e. The minimum atomic E-state index is 0.635. The maximum absolute atomic E-state index is 2.34. The van der Waals surface area contributed by atoms with Crippen molar-refractivity contribution in [1.29, 1.82) is 0 Å². The molecule has 0 N–H and O–H groups in total. The van der Waals surface area contributed by atoms with Gasteiger partial charge in [0, 0.05) is 5.92 Å². The largest absolute Gasteiger partial charge is 0.0622 e. The molecule has 1 aromatic carbocycles. The molecule has 0 saturated heterocycles. The van der Waals surface area contributed by atoms with Gasteiger partial charge in [0.05, 0.1) is 0 Å². The first-order chi connectivity index (χ1) is 9.45. The monoisotopic (exact) mass is 246 g/mol. The molecule has 0 radical (unpaired) electrons. The predicted octanol–water partition coefficient (Wildman–Crippen LogP) is 5.16. The predicted molar refractivity (Wildman–Crippen MR) is 80.9 cm³/mol. The Kier molecular flexibility index (Phi) is 2.55. The molecule has 1 aromatic rings. The molecule has 19 heavy (non-hydrogen) atoms. The van der Waals surface area contributed by atoms with Gasteiger partial charge >= 0.3 is 0 Å². The van der Waals surface area contributed by atoms with Gasteiger partial charge in [0.1, 0.15) is 0 Å². The van der Waals surface area contributed by atoms with Gasteiger partial charge in [-0.25, -0.2) is 0 Å². The lowest BCUT2D eigenvalue weighted by molar-refractivity contribution is 0.662. The number of fused-ring (bicyclic) bond motifs is 3. The van der Waals surface area contributed by atoms with Gasteiger partial charge in [0.2, 0.25) is 0 Å². The summed E-state index contributed by atoms with van der Waals surface area (Å²) in [4.78, 5) is 0. The van der Waals surface area contributed by atoms with E-state index in [0.717, 1.165) is 0 Å². The van der Waals surface area contributed by atoms with Crippen LogP contribution in [-0.4, -0.2) is 0 Å². The van der Waals surface area contributed by atoms with Crippen molar-refractivity contribution in [2.75, 3.05) is 0 Å². The SMILES string of the molecule is C1=CC=C2C3=C(C=C1)CCCCC3c1ccccc12. The van der Waals surface area contributed by atoms with E-state index in [-0.39, 0.29) is 0 Å². The summed E-state index contributed by atoms with van der Waals surface area (Å²) in [6, 6.07) is 8.98. The second-order valence-electron chi connectivity index (χ2n) is 5.65. The molecule has 94 valence electrons. The van der Waals surface area contributed by atoms with Gasteiger partial charge < -0.3 is 0 Å². The van der Waals surface area contributed by atoms with Gasteiger partial charge in [-0.15, -0.1) is 0 Å². The topological polar surface area (TPSA) is 0 Å². The Bertz CT molecular complexity index is 638. The van der Waals surface area contributed by atoms with Crippen molar-refractivity contribution < 1.29 is 0 Å². The molecule has 0 bridgehead atoms. The molecule has 0 aromatic heterocycles. The number of rotatable bonds is 0. The molecular weight excluding hydrogens is 228 g/mol. The summed E-state index contributed by atoms with van der Waals surface area (Å²) in [6.45, 7) is 0. The summed E-state index contributed by atoms with van der Waals surface area (Å²) in [5.74, 6) is 0.635. The highest BCUT2D eigenvalue weighted by Crippen LogP contribution is 2.51. The second kappa shape index (κ2) is 4.38. The van der Waals surface area contributed by atoms with Crippen LogP contribution in [0, 0.1) is 0 Å². The van der Waals surface area contributed by atoms with E-state index < -0.39 is 0 Å². The van der Waals surface area contributed by atoms with Gasteiger partial charge in [0.25, 0.3) is 0 Å². The molecule has 1 atom stereocenters. The number of benzene rings is 1. The lowest BCUT2D eigenvalue weighted by atomic mass is 9.90. The average Bonchev–Trinajstić information content (AvgIpc) is 2.58.